The Bertz CT molecular complexity index is 505. The molecule has 1 heterocycles. The first-order chi connectivity index (χ1) is 11.0. The van der Waals surface area contributed by atoms with Crippen molar-refractivity contribution >= 4 is 5.97 Å². The summed E-state index contributed by atoms with van der Waals surface area (Å²) in [6.07, 6.45) is 3.16. The Labute approximate surface area is 139 Å². The topological polar surface area (TPSA) is 49.8 Å². The number of carbonyl (C=O) groups excluding carboxylic acids is 1. The summed E-state index contributed by atoms with van der Waals surface area (Å²) in [6, 6.07) is 9.24. The molecule has 3 unspecified atom stereocenters. The van der Waals surface area contributed by atoms with Crippen molar-refractivity contribution < 1.29 is 14.6 Å². The van der Waals surface area contributed by atoms with Crippen LogP contribution in [0.25, 0.3) is 0 Å². The SMILES string of the molecule is CCCC(CC)C(O)(C(=O)OC1CCN(C)C1)c1ccccc1. The summed E-state index contributed by atoms with van der Waals surface area (Å²) in [5, 5.41) is 11.4. The molecule has 0 aliphatic carbocycles. The van der Waals surface area contributed by atoms with Crippen LogP contribution >= 0.6 is 0 Å². The summed E-state index contributed by atoms with van der Waals surface area (Å²) in [5.41, 5.74) is -0.927. The van der Waals surface area contributed by atoms with E-state index >= 15 is 0 Å². The van der Waals surface area contributed by atoms with E-state index in [2.05, 4.69) is 11.8 Å². The first-order valence-electron chi connectivity index (χ1n) is 8.69. The van der Waals surface area contributed by atoms with Crippen LogP contribution in [-0.2, 0) is 15.1 Å². The fourth-order valence-electron chi connectivity index (χ4n) is 3.50. The highest BCUT2D eigenvalue weighted by molar-refractivity contribution is 5.81. The molecular weight excluding hydrogens is 290 g/mol. The zero-order valence-corrected chi connectivity index (χ0v) is 14.5. The maximum absolute atomic E-state index is 12.9. The minimum absolute atomic E-state index is 0.123. The standard InChI is InChI=1S/C19H29NO3/c1-4-9-15(5-2)19(22,16-10-7-6-8-11-16)18(21)23-17-12-13-20(3)14-17/h6-8,10-11,15,17,22H,4-5,9,12-14H2,1-3H3. The molecule has 1 aromatic rings. The largest absolute Gasteiger partial charge is 0.459 e. The lowest BCUT2D eigenvalue weighted by Gasteiger charge is -2.35. The molecule has 128 valence electrons. The van der Waals surface area contributed by atoms with Crippen LogP contribution in [0.5, 0.6) is 0 Å². The maximum atomic E-state index is 12.9. The van der Waals surface area contributed by atoms with Crippen molar-refractivity contribution in [3.8, 4) is 0 Å². The van der Waals surface area contributed by atoms with Crippen molar-refractivity contribution in [2.45, 2.75) is 51.2 Å². The van der Waals surface area contributed by atoms with Crippen molar-refractivity contribution in [2.24, 2.45) is 5.92 Å². The molecule has 1 aromatic carbocycles. The van der Waals surface area contributed by atoms with Gasteiger partial charge in [-0.1, -0.05) is 50.6 Å². The van der Waals surface area contributed by atoms with E-state index in [9.17, 15) is 9.90 Å². The smallest absolute Gasteiger partial charge is 0.343 e. The first-order valence-corrected chi connectivity index (χ1v) is 8.69. The number of aliphatic hydroxyl groups is 1. The number of likely N-dealkylation sites (N-methyl/N-ethyl adjacent to an activating group) is 1. The van der Waals surface area contributed by atoms with Crippen LogP contribution in [0.4, 0.5) is 0 Å². The number of benzene rings is 1. The Hall–Kier alpha value is -1.39. The third-order valence-electron chi connectivity index (χ3n) is 4.87. The van der Waals surface area contributed by atoms with E-state index < -0.39 is 11.6 Å². The molecule has 4 nitrogen and oxygen atoms in total. The second-order valence-electron chi connectivity index (χ2n) is 6.60. The number of esters is 1. The molecule has 0 radical (unpaired) electrons. The van der Waals surface area contributed by atoms with Gasteiger partial charge in [-0.15, -0.1) is 0 Å². The molecule has 1 aliphatic heterocycles. The van der Waals surface area contributed by atoms with E-state index in [-0.39, 0.29) is 12.0 Å². The van der Waals surface area contributed by atoms with Gasteiger partial charge in [0, 0.05) is 19.0 Å². The number of likely N-dealkylation sites (tertiary alicyclic amines) is 1. The quantitative estimate of drug-likeness (QED) is 0.785. The molecule has 1 fully saturated rings. The Morgan fingerprint density at radius 2 is 2.09 bits per heavy atom. The lowest BCUT2D eigenvalue weighted by Crippen LogP contribution is -2.45. The normalized spacial score (nSPS) is 22.5. The molecule has 0 aromatic heterocycles. The van der Waals surface area contributed by atoms with Gasteiger partial charge in [0.1, 0.15) is 6.10 Å². The van der Waals surface area contributed by atoms with Crippen molar-refractivity contribution in [2.75, 3.05) is 20.1 Å². The predicted molar refractivity (Wildman–Crippen MR) is 91.0 cm³/mol. The number of nitrogens with zero attached hydrogens (tertiary/aromatic N) is 1. The van der Waals surface area contributed by atoms with Gasteiger partial charge in [0.2, 0.25) is 0 Å². The fraction of sp³-hybridized carbons (Fsp3) is 0.632. The summed E-state index contributed by atoms with van der Waals surface area (Å²) >= 11 is 0. The summed E-state index contributed by atoms with van der Waals surface area (Å²) < 4.78 is 5.70. The molecule has 3 atom stereocenters. The van der Waals surface area contributed by atoms with Crippen molar-refractivity contribution in [3.05, 3.63) is 35.9 Å². The Balaban J connectivity index is 2.27. The summed E-state index contributed by atoms with van der Waals surface area (Å²) in [7, 11) is 2.02. The minimum Gasteiger partial charge on any atom is -0.459 e. The van der Waals surface area contributed by atoms with Crippen LogP contribution in [0.1, 0.15) is 45.1 Å². The van der Waals surface area contributed by atoms with Gasteiger partial charge in [0.25, 0.3) is 0 Å². The van der Waals surface area contributed by atoms with Crippen molar-refractivity contribution in [3.63, 3.8) is 0 Å². The first kappa shape index (κ1) is 18.0. The Morgan fingerprint density at radius 3 is 2.61 bits per heavy atom. The van der Waals surface area contributed by atoms with E-state index in [1.165, 1.54) is 0 Å². The van der Waals surface area contributed by atoms with Crippen LogP contribution in [-0.4, -0.2) is 42.2 Å². The molecule has 2 rings (SSSR count). The van der Waals surface area contributed by atoms with Gasteiger partial charge in [-0.2, -0.15) is 0 Å². The average molecular weight is 319 g/mol. The van der Waals surface area contributed by atoms with Gasteiger partial charge >= 0.3 is 5.97 Å². The summed E-state index contributed by atoms with van der Waals surface area (Å²) in [4.78, 5) is 15.1. The lowest BCUT2D eigenvalue weighted by atomic mass is 9.77. The van der Waals surface area contributed by atoms with Gasteiger partial charge in [-0.25, -0.2) is 4.79 Å². The third kappa shape index (κ3) is 3.93. The zero-order chi connectivity index (χ0) is 16.9. The van der Waals surface area contributed by atoms with Gasteiger partial charge in [-0.05, 0) is 31.9 Å². The summed E-state index contributed by atoms with van der Waals surface area (Å²) in [5.74, 6) is -0.633. The maximum Gasteiger partial charge on any atom is 0.343 e. The van der Waals surface area contributed by atoms with Crippen molar-refractivity contribution in [1.82, 2.24) is 4.90 Å². The summed E-state index contributed by atoms with van der Waals surface area (Å²) in [6.45, 7) is 5.76. The van der Waals surface area contributed by atoms with E-state index in [1.807, 2.05) is 44.3 Å². The lowest BCUT2D eigenvalue weighted by molar-refractivity contribution is -0.179. The second kappa shape index (κ2) is 7.93. The molecule has 1 aliphatic rings. The number of hydrogen-bond donors (Lipinski definition) is 1. The number of rotatable bonds is 7. The highest BCUT2D eigenvalue weighted by Crippen LogP contribution is 2.37. The van der Waals surface area contributed by atoms with Crippen LogP contribution < -0.4 is 0 Å². The third-order valence-corrected chi connectivity index (χ3v) is 4.87. The molecule has 0 saturated carbocycles. The van der Waals surface area contributed by atoms with Gasteiger partial charge in [-0.3, -0.25) is 0 Å². The molecule has 4 heteroatoms. The predicted octanol–water partition coefficient (Wildman–Crippen LogP) is 2.95. The van der Waals surface area contributed by atoms with Crippen molar-refractivity contribution in [1.29, 1.82) is 0 Å². The van der Waals surface area contributed by atoms with Crippen LogP contribution in [0.3, 0.4) is 0 Å². The monoisotopic (exact) mass is 319 g/mol. The van der Waals surface area contributed by atoms with E-state index in [1.54, 1.807) is 0 Å². The Morgan fingerprint density at radius 1 is 1.39 bits per heavy atom. The molecule has 0 amide bonds. The molecular formula is C19H29NO3. The van der Waals surface area contributed by atoms with Gasteiger partial charge in [0.15, 0.2) is 5.60 Å². The minimum atomic E-state index is -1.56. The highest BCUT2D eigenvalue weighted by Gasteiger charge is 2.46. The molecule has 1 N–H and O–H groups in total. The highest BCUT2D eigenvalue weighted by atomic mass is 16.6. The Kier molecular flexibility index (Phi) is 6.19. The molecule has 23 heavy (non-hydrogen) atoms. The molecule has 0 spiro atoms. The van der Waals surface area contributed by atoms with Crippen LogP contribution in [0.15, 0.2) is 30.3 Å². The zero-order valence-electron chi connectivity index (χ0n) is 14.5. The second-order valence-corrected chi connectivity index (χ2v) is 6.60. The van der Waals surface area contributed by atoms with Crippen LogP contribution in [0, 0.1) is 5.92 Å². The van der Waals surface area contributed by atoms with Crippen LogP contribution in [0.2, 0.25) is 0 Å². The van der Waals surface area contributed by atoms with E-state index in [0.29, 0.717) is 5.56 Å². The average Bonchev–Trinajstić information content (AvgIpc) is 2.97. The number of hydrogen-bond acceptors (Lipinski definition) is 4. The molecule has 1 saturated heterocycles. The van der Waals surface area contributed by atoms with E-state index in [4.69, 9.17) is 4.74 Å². The number of carbonyl (C=O) groups is 1. The fourth-order valence-corrected chi connectivity index (χ4v) is 3.50. The van der Waals surface area contributed by atoms with Gasteiger partial charge in [0.05, 0.1) is 0 Å². The number of ether oxygens (including phenoxy) is 1. The molecule has 0 bridgehead atoms. The van der Waals surface area contributed by atoms with E-state index in [0.717, 1.165) is 38.8 Å². The van der Waals surface area contributed by atoms with Gasteiger partial charge < -0.3 is 14.7 Å².